The molecule has 4 aromatic rings. The van der Waals surface area contributed by atoms with E-state index in [1.54, 1.807) is 6.07 Å². The van der Waals surface area contributed by atoms with Crippen LogP contribution in [0.25, 0.3) is 16.5 Å². The van der Waals surface area contributed by atoms with Crippen molar-refractivity contribution in [2.45, 2.75) is 24.7 Å². The Bertz CT molecular complexity index is 1520. The van der Waals surface area contributed by atoms with Crippen LogP contribution in [0.3, 0.4) is 0 Å². The van der Waals surface area contributed by atoms with Crippen molar-refractivity contribution < 1.29 is 13.2 Å². The van der Waals surface area contributed by atoms with E-state index in [1.165, 1.54) is 60.4 Å². The molecular formula is C23H24N6O4S2. The Hall–Kier alpha value is -3.61. The zero-order valence-corrected chi connectivity index (χ0v) is 21.1. The van der Waals surface area contributed by atoms with Crippen LogP contribution in [0, 0.1) is 0 Å². The number of thiophene rings is 1. The van der Waals surface area contributed by atoms with Crippen LogP contribution in [0.4, 0.5) is 5.82 Å². The van der Waals surface area contributed by atoms with Gasteiger partial charge in [-0.15, -0.1) is 11.3 Å². The summed E-state index contributed by atoms with van der Waals surface area (Å²) in [4.78, 5) is 33.4. The smallest absolute Gasteiger partial charge is 0.256 e. The monoisotopic (exact) mass is 512 g/mol. The number of carbonyl (C=O) groups excluding carboxylic acids is 1. The first-order chi connectivity index (χ1) is 16.6. The third-order valence-electron chi connectivity index (χ3n) is 5.16. The number of nitrogens with one attached hydrogen (secondary N) is 2. The molecule has 35 heavy (non-hydrogen) atoms. The van der Waals surface area contributed by atoms with Crippen molar-refractivity contribution in [2.75, 3.05) is 19.4 Å². The molecule has 0 fully saturated rings. The fourth-order valence-electron chi connectivity index (χ4n) is 3.21. The van der Waals surface area contributed by atoms with Crippen molar-refractivity contribution in [1.29, 1.82) is 0 Å². The Morgan fingerprint density at radius 3 is 2.46 bits per heavy atom. The molecule has 0 aliphatic rings. The molecular weight excluding hydrogens is 488 g/mol. The van der Waals surface area contributed by atoms with Crippen molar-refractivity contribution in [3.05, 3.63) is 75.5 Å². The van der Waals surface area contributed by atoms with Crippen LogP contribution >= 0.6 is 11.3 Å². The maximum absolute atomic E-state index is 13.0. The molecule has 0 aliphatic carbocycles. The van der Waals surface area contributed by atoms with E-state index in [0.717, 1.165) is 9.18 Å². The van der Waals surface area contributed by atoms with E-state index in [2.05, 4.69) is 20.4 Å². The number of H-pyrrole nitrogens is 1. The third-order valence-corrected chi connectivity index (χ3v) is 7.88. The summed E-state index contributed by atoms with van der Waals surface area (Å²) in [6, 6.07) is 12.5. The number of amides is 1. The van der Waals surface area contributed by atoms with Crippen molar-refractivity contribution in [2.24, 2.45) is 0 Å². The fourth-order valence-corrected chi connectivity index (χ4v) is 4.80. The van der Waals surface area contributed by atoms with Crippen LogP contribution < -0.4 is 10.9 Å². The minimum absolute atomic E-state index is 0.0124. The lowest BCUT2D eigenvalue weighted by Crippen LogP contribution is -2.22. The van der Waals surface area contributed by atoms with Gasteiger partial charge in [0.15, 0.2) is 0 Å². The highest BCUT2D eigenvalue weighted by molar-refractivity contribution is 7.89. The Balaban J connectivity index is 1.72. The van der Waals surface area contributed by atoms with Crippen molar-refractivity contribution in [3.63, 3.8) is 0 Å². The normalized spacial score (nSPS) is 11.8. The van der Waals surface area contributed by atoms with Gasteiger partial charge in [0.2, 0.25) is 16.0 Å². The van der Waals surface area contributed by atoms with Gasteiger partial charge in [-0.25, -0.2) is 17.7 Å². The zero-order valence-electron chi connectivity index (χ0n) is 19.5. The Labute approximate surface area is 206 Å². The molecule has 0 radical (unpaired) electrons. The lowest BCUT2D eigenvalue weighted by atomic mass is 10.1. The molecule has 0 saturated heterocycles. The molecule has 3 aromatic heterocycles. The second-order valence-electron chi connectivity index (χ2n) is 8.22. The summed E-state index contributed by atoms with van der Waals surface area (Å²) in [6.07, 6.45) is 0. The molecule has 0 bridgehead atoms. The van der Waals surface area contributed by atoms with E-state index in [1.807, 2.05) is 31.4 Å². The average molecular weight is 513 g/mol. The van der Waals surface area contributed by atoms with E-state index in [0.29, 0.717) is 17.2 Å². The maximum atomic E-state index is 13.0. The molecule has 0 atom stereocenters. The topological polar surface area (TPSA) is 130 Å². The first-order valence-corrected chi connectivity index (χ1v) is 13.0. The largest absolute Gasteiger partial charge is 0.306 e. The summed E-state index contributed by atoms with van der Waals surface area (Å²) in [6.45, 7) is 3.85. The summed E-state index contributed by atoms with van der Waals surface area (Å²) < 4.78 is 27.1. The third kappa shape index (κ3) is 5.09. The van der Waals surface area contributed by atoms with Crippen molar-refractivity contribution >= 4 is 33.1 Å². The Kier molecular flexibility index (Phi) is 6.70. The second kappa shape index (κ2) is 9.56. The van der Waals surface area contributed by atoms with E-state index in [-0.39, 0.29) is 27.9 Å². The molecule has 1 amide bonds. The standard InChI is InChI=1S/C23H24N6O4S2/c1-14(2)17-13-21(30)26-23(24-17)29-20(12-18(27-29)19-6-5-11-34-19)25-22(31)15-7-9-16(10-8-15)35(32,33)28(3)4/h5-14H,1-4H3,(H,25,31)(H,24,26,30). The predicted octanol–water partition coefficient (Wildman–Crippen LogP) is 3.31. The summed E-state index contributed by atoms with van der Waals surface area (Å²) in [5, 5.41) is 9.29. The summed E-state index contributed by atoms with van der Waals surface area (Å²) >= 11 is 1.48. The van der Waals surface area contributed by atoms with Gasteiger partial charge in [0, 0.05) is 31.8 Å². The highest BCUT2D eigenvalue weighted by Crippen LogP contribution is 2.28. The minimum Gasteiger partial charge on any atom is -0.306 e. The molecule has 0 spiro atoms. The van der Waals surface area contributed by atoms with Crippen LogP contribution in [-0.2, 0) is 10.0 Å². The first kappa shape index (κ1) is 24.5. The highest BCUT2D eigenvalue weighted by atomic mass is 32.2. The van der Waals surface area contributed by atoms with E-state index >= 15 is 0 Å². The van der Waals surface area contributed by atoms with Gasteiger partial charge in [-0.1, -0.05) is 19.9 Å². The second-order valence-corrected chi connectivity index (χ2v) is 11.3. The van der Waals surface area contributed by atoms with Crippen LogP contribution in [0.2, 0.25) is 0 Å². The number of aromatic nitrogens is 4. The minimum atomic E-state index is -3.61. The highest BCUT2D eigenvalue weighted by Gasteiger charge is 2.20. The van der Waals surface area contributed by atoms with Gasteiger partial charge in [-0.3, -0.25) is 14.6 Å². The number of rotatable bonds is 7. The number of benzene rings is 1. The molecule has 2 N–H and O–H groups in total. The van der Waals surface area contributed by atoms with Crippen LogP contribution in [0.1, 0.15) is 35.8 Å². The van der Waals surface area contributed by atoms with Gasteiger partial charge in [-0.05, 0) is 41.6 Å². The number of nitrogens with zero attached hydrogens (tertiary/aromatic N) is 4. The van der Waals surface area contributed by atoms with Gasteiger partial charge >= 0.3 is 0 Å². The lowest BCUT2D eigenvalue weighted by Gasteiger charge is -2.12. The molecule has 0 saturated carbocycles. The van der Waals surface area contributed by atoms with E-state index < -0.39 is 15.9 Å². The molecule has 0 unspecified atom stereocenters. The molecule has 10 nitrogen and oxygen atoms in total. The molecule has 4 rings (SSSR count). The number of hydrogen-bond donors (Lipinski definition) is 2. The SMILES string of the molecule is CC(C)c1cc(=O)[nH]c(-n2nc(-c3cccs3)cc2NC(=O)c2ccc(S(=O)(=O)N(C)C)cc2)n1. The first-order valence-electron chi connectivity index (χ1n) is 10.7. The average Bonchev–Trinajstić information content (AvgIpc) is 3.49. The number of aromatic amines is 1. The molecule has 1 aromatic carbocycles. The zero-order chi connectivity index (χ0) is 25.3. The van der Waals surface area contributed by atoms with Crippen molar-refractivity contribution in [1.82, 2.24) is 24.1 Å². The number of sulfonamides is 1. The fraction of sp³-hybridized carbons (Fsp3) is 0.217. The maximum Gasteiger partial charge on any atom is 0.256 e. The molecule has 12 heteroatoms. The van der Waals surface area contributed by atoms with Gasteiger partial charge in [0.25, 0.3) is 11.5 Å². The summed E-state index contributed by atoms with van der Waals surface area (Å²) in [7, 11) is -0.733. The molecule has 0 aliphatic heterocycles. The molecule has 3 heterocycles. The predicted molar refractivity (Wildman–Crippen MR) is 135 cm³/mol. The van der Waals surface area contributed by atoms with E-state index in [9.17, 15) is 18.0 Å². The lowest BCUT2D eigenvalue weighted by molar-refractivity contribution is 0.102. The van der Waals surface area contributed by atoms with Crippen molar-refractivity contribution in [3.8, 4) is 16.5 Å². The van der Waals surface area contributed by atoms with Gasteiger partial charge in [0.05, 0.1) is 15.5 Å². The summed E-state index contributed by atoms with van der Waals surface area (Å²) in [5.41, 5.74) is 1.11. The number of hydrogen-bond acceptors (Lipinski definition) is 7. The number of anilines is 1. The molecule has 182 valence electrons. The van der Waals surface area contributed by atoms with Gasteiger partial charge in [0.1, 0.15) is 11.5 Å². The van der Waals surface area contributed by atoms with Crippen LogP contribution in [0.5, 0.6) is 0 Å². The van der Waals surface area contributed by atoms with Crippen LogP contribution in [-0.4, -0.2) is 52.5 Å². The van der Waals surface area contributed by atoms with Crippen LogP contribution in [0.15, 0.2) is 63.6 Å². The Morgan fingerprint density at radius 1 is 1.14 bits per heavy atom. The number of carbonyl (C=O) groups is 1. The Morgan fingerprint density at radius 2 is 1.86 bits per heavy atom. The van der Waals surface area contributed by atoms with E-state index in [4.69, 9.17) is 0 Å². The van der Waals surface area contributed by atoms with Gasteiger partial charge < -0.3 is 5.32 Å². The quantitative estimate of drug-likeness (QED) is 0.391. The summed E-state index contributed by atoms with van der Waals surface area (Å²) in [5.74, 6) is 0.0117. The van der Waals surface area contributed by atoms with Gasteiger partial charge in [-0.2, -0.15) is 9.78 Å².